The number of aromatic nitrogens is 2. The van der Waals surface area contributed by atoms with Crippen LogP contribution in [0.2, 0.25) is 0 Å². The SMILES string of the molecule is C#C[C@]1(COc2ccccc2O[P+]([O-])=N[C@@H](C)C(=O)OC(C)(C)C)O[C@@H](n2ccc(=O)[nH]c2=O)[C@H](O)[C@@H]1O. The van der Waals surface area contributed by atoms with Crippen LogP contribution in [0.15, 0.2) is 50.9 Å². The van der Waals surface area contributed by atoms with Gasteiger partial charge in [-0.2, -0.15) is 0 Å². The Labute approximate surface area is 218 Å². The third kappa shape index (κ3) is 6.66. The molecule has 13 nitrogen and oxygen atoms in total. The Bertz CT molecular complexity index is 1360. The van der Waals surface area contributed by atoms with E-state index in [1.165, 1.54) is 19.1 Å². The van der Waals surface area contributed by atoms with Gasteiger partial charge in [0.1, 0.15) is 24.4 Å². The Morgan fingerprint density at radius 3 is 2.58 bits per heavy atom. The Hall–Kier alpha value is -3.53. The van der Waals surface area contributed by atoms with Crippen molar-refractivity contribution in [2.75, 3.05) is 6.61 Å². The molecule has 2 aromatic rings. The Kier molecular flexibility index (Phi) is 8.76. The van der Waals surface area contributed by atoms with Crippen LogP contribution in [0.1, 0.15) is 33.9 Å². The van der Waals surface area contributed by atoms with Gasteiger partial charge in [-0.3, -0.25) is 18.9 Å². The van der Waals surface area contributed by atoms with Crippen LogP contribution in [0, 0.1) is 12.3 Å². The molecule has 3 rings (SSSR count). The Morgan fingerprint density at radius 1 is 1.32 bits per heavy atom. The summed E-state index contributed by atoms with van der Waals surface area (Å²) in [5.41, 5.74) is -4.20. The fourth-order valence-corrected chi connectivity index (χ4v) is 4.17. The molecule has 0 radical (unpaired) electrons. The fraction of sp³-hybridized carbons (Fsp3) is 0.458. The molecule has 1 aliphatic rings. The zero-order chi connectivity index (χ0) is 28.3. The molecule has 0 spiro atoms. The molecule has 1 unspecified atom stereocenters. The summed E-state index contributed by atoms with van der Waals surface area (Å²) in [7, 11) is -2.72. The maximum Gasteiger partial charge on any atom is 0.395 e. The van der Waals surface area contributed by atoms with Crippen LogP contribution in [0.4, 0.5) is 0 Å². The minimum atomic E-state index is -2.72. The van der Waals surface area contributed by atoms with Crippen LogP contribution in [-0.4, -0.2) is 61.8 Å². The number of carbonyl (C=O) groups is 1. The zero-order valence-corrected chi connectivity index (χ0v) is 22.0. The quantitative estimate of drug-likeness (QED) is 0.233. The summed E-state index contributed by atoms with van der Waals surface area (Å²) in [6.45, 7) is 5.97. The maximum atomic E-state index is 12.5. The molecule has 0 saturated carbocycles. The number of aromatic amines is 1. The molecule has 1 aromatic carbocycles. The van der Waals surface area contributed by atoms with E-state index in [0.29, 0.717) is 0 Å². The van der Waals surface area contributed by atoms with Gasteiger partial charge in [-0.25, -0.2) is 9.59 Å². The summed E-state index contributed by atoms with van der Waals surface area (Å²) in [5.74, 6) is 1.62. The molecular weight excluding hydrogens is 521 g/mol. The van der Waals surface area contributed by atoms with Crippen molar-refractivity contribution in [3.63, 3.8) is 0 Å². The summed E-state index contributed by atoms with van der Waals surface area (Å²) >= 11 is 0. The fourth-order valence-electron chi connectivity index (χ4n) is 3.43. The van der Waals surface area contributed by atoms with Crippen LogP contribution in [-0.2, 0) is 14.3 Å². The van der Waals surface area contributed by atoms with Crippen molar-refractivity contribution in [1.29, 1.82) is 0 Å². The van der Waals surface area contributed by atoms with Gasteiger partial charge in [0.15, 0.2) is 23.6 Å². The molecule has 2 heterocycles. The van der Waals surface area contributed by atoms with Gasteiger partial charge < -0.3 is 29.3 Å². The predicted molar refractivity (Wildman–Crippen MR) is 132 cm³/mol. The minimum absolute atomic E-state index is 0.0117. The number of terminal acetylenes is 1. The van der Waals surface area contributed by atoms with Crippen LogP contribution >= 0.6 is 8.17 Å². The second-order valence-electron chi connectivity index (χ2n) is 9.38. The second-order valence-corrected chi connectivity index (χ2v) is 10.3. The molecule has 3 N–H and O–H groups in total. The monoisotopic (exact) mass is 549 g/mol. The molecule has 38 heavy (non-hydrogen) atoms. The molecular formula is C24H28N3O10P. The van der Waals surface area contributed by atoms with Crippen molar-refractivity contribution >= 4 is 14.1 Å². The van der Waals surface area contributed by atoms with Gasteiger partial charge in [0, 0.05) is 12.3 Å². The van der Waals surface area contributed by atoms with Gasteiger partial charge >= 0.3 is 19.8 Å². The molecule has 6 atom stereocenters. The van der Waals surface area contributed by atoms with Crippen molar-refractivity contribution in [1.82, 2.24) is 9.55 Å². The number of benzene rings is 1. The summed E-state index contributed by atoms with van der Waals surface area (Å²) in [4.78, 5) is 50.2. The number of ether oxygens (including phenoxy) is 3. The first-order valence-electron chi connectivity index (χ1n) is 11.4. The van der Waals surface area contributed by atoms with E-state index in [1.54, 1.807) is 32.9 Å². The topological polar surface area (TPSA) is 185 Å². The van der Waals surface area contributed by atoms with Crippen molar-refractivity contribution in [3.8, 4) is 23.8 Å². The standard InChI is InChI=1S/C24H28N3O10P/c1-6-24(19(30)18(29)20(35-24)27-12-11-17(28)25-22(27)32)13-34-15-9-7-8-10-16(15)37-38(33)26-14(2)21(31)36-23(3,4)5/h1,7-12,14,18-20,29-30H,13H2,2-5H3,(H,25,28,32)/t14-,18+,19-,20+,24+/m0/s1. The van der Waals surface area contributed by atoms with E-state index in [9.17, 15) is 29.5 Å². The van der Waals surface area contributed by atoms with Gasteiger partial charge in [0.05, 0.1) is 0 Å². The van der Waals surface area contributed by atoms with Crippen molar-refractivity contribution in [2.24, 2.45) is 4.74 Å². The number of carbonyl (C=O) groups excluding carboxylic acids is 1. The van der Waals surface area contributed by atoms with E-state index < -0.39 is 67.7 Å². The zero-order valence-electron chi connectivity index (χ0n) is 21.1. The normalized spacial score (nSPS) is 24.4. The van der Waals surface area contributed by atoms with Crippen LogP contribution < -0.4 is 25.4 Å². The predicted octanol–water partition coefficient (Wildman–Crippen LogP) is 0.203. The highest BCUT2D eigenvalue weighted by Crippen LogP contribution is 2.39. The van der Waals surface area contributed by atoms with Crippen LogP contribution in [0.5, 0.6) is 11.5 Å². The first-order chi connectivity index (χ1) is 17.8. The lowest BCUT2D eigenvalue weighted by Crippen LogP contribution is -2.46. The average molecular weight is 549 g/mol. The Morgan fingerprint density at radius 2 is 1.97 bits per heavy atom. The maximum absolute atomic E-state index is 12.5. The van der Waals surface area contributed by atoms with Gasteiger partial charge in [-0.15, -0.1) is 6.42 Å². The number of aliphatic hydroxyl groups excluding tert-OH is 2. The first-order valence-corrected chi connectivity index (χ1v) is 12.5. The second kappa shape index (κ2) is 11.5. The van der Waals surface area contributed by atoms with Gasteiger partial charge in [0.25, 0.3) is 5.56 Å². The number of esters is 1. The van der Waals surface area contributed by atoms with Crippen LogP contribution in [0.25, 0.3) is 0 Å². The number of H-pyrrole nitrogens is 1. The molecule has 0 amide bonds. The average Bonchev–Trinajstić information content (AvgIpc) is 3.08. The lowest BCUT2D eigenvalue weighted by molar-refractivity contribution is -0.170. The number of nitrogens with one attached hydrogen (secondary N) is 1. The number of rotatable bonds is 8. The number of nitrogens with zero attached hydrogens (tertiary/aromatic N) is 2. The van der Waals surface area contributed by atoms with E-state index in [-0.39, 0.29) is 11.5 Å². The van der Waals surface area contributed by atoms with Crippen molar-refractivity contribution in [3.05, 3.63) is 57.4 Å². The number of hydrogen-bond acceptors (Lipinski definition) is 11. The highest BCUT2D eigenvalue weighted by atomic mass is 31.1. The van der Waals surface area contributed by atoms with Gasteiger partial charge in [-0.1, -0.05) is 22.8 Å². The largest absolute Gasteiger partial charge is 0.575 e. The summed E-state index contributed by atoms with van der Waals surface area (Å²) in [5, 5.41) is 21.2. The molecule has 14 heteroatoms. The molecule has 1 aliphatic heterocycles. The van der Waals surface area contributed by atoms with E-state index >= 15 is 0 Å². The van der Waals surface area contributed by atoms with E-state index in [0.717, 1.165) is 16.8 Å². The molecule has 204 valence electrons. The third-order valence-corrected chi connectivity index (χ3v) is 6.17. The lowest BCUT2D eigenvalue weighted by Gasteiger charge is -2.26. The van der Waals surface area contributed by atoms with Crippen molar-refractivity contribution < 1.29 is 38.6 Å². The van der Waals surface area contributed by atoms with E-state index in [4.69, 9.17) is 25.2 Å². The minimum Gasteiger partial charge on any atom is -0.575 e. The molecule has 0 aliphatic carbocycles. The number of para-hydroxylation sites is 2. The van der Waals surface area contributed by atoms with Crippen LogP contribution in [0.3, 0.4) is 0 Å². The smallest absolute Gasteiger partial charge is 0.395 e. The Balaban J connectivity index is 1.76. The summed E-state index contributed by atoms with van der Waals surface area (Å²) in [6.07, 6.45) is 1.96. The molecule has 1 saturated heterocycles. The third-order valence-electron chi connectivity index (χ3n) is 5.28. The lowest BCUT2D eigenvalue weighted by atomic mass is 9.97. The van der Waals surface area contributed by atoms with Crippen molar-refractivity contribution in [2.45, 2.75) is 63.4 Å². The molecule has 0 bridgehead atoms. The van der Waals surface area contributed by atoms with Gasteiger partial charge in [-0.05, 0) is 39.8 Å². The van der Waals surface area contributed by atoms with E-state index in [1.807, 2.05) is 4.98 Å². The summed E-state index contributed by atoms with van der Waals surface area (Å²) < 4.78 is 26.7. The van der Waals surface area contributed by atoms with Gasteiger partial charge in [0.2, 0.25) is 5.75 Å². The highest BCUT2D eigenvalue weighted by Gasteiger charge is 2.55. The molecule has 1 aromatic heterocycles. The highest BCUT2D eigenvalue weighted by molar-refractivity contribution is 7.34. The number of aliphatic hydroxyl groups is 2. The first kappa shape index (κ1) is 29.0. The molecule has 1 fully saturated rings. The van der Waals surface area contributed by atoms with E-state index in [2.05, 4.69) is 10.7 Å². The summed E-state index contributed by atoms with van der Waals surface area (Å²) in [6, 6.07) is 6.03. The number of hydrogen-bond donors (Lipinski definition) is 3.